The van der Waals surface area contributed by atoms with Gasteiger partial charge in [0.2, 0.25) is 0 Å². The van der Waals surface area contributed by atoms with Crippen molar-refractivity contribution in [2.45, 2.75) is 65.4 Å². The van der Waals surface area contributed by atoms with E-state index in [2.05, 4.69) is 6.92 Å². The Morgan fingerprint density at radius 2 is 2.12 bits per heavy atom. The minimum absolute atomic E-state index is 0.0920. The lowest BCUT2D eigenvalue weighted by atomic mass is 9.69. The molecule has 1 rings (SSSR count). The zero-order valence-corrected chi connectivity index (χ0v) is 11.7. The lowest BCUT2D eigenvalue weighted by Gasteiger charge is -2.39. The van der Waals surface area contributed by atoms with Crippen LogP contribution in [0.1, 0.15) is 59.8 Å². The average molecular weight is 241 g/mol. The Labute approximate surface area is 105 Å². The van der Waals surface area contributed by atoms with Gasteiger partial charge in [0.1, 0.15) is 5.60 Å². The lowest BCUT2D eigenvalue weighted by Crippen LogP contribution is -2.46. The SMILES string of the molecule is CCC1CCCC(CN)(C(=O)OC(C)(C)C)C1. The van der Waals surface area contributed by atoms with Gasteiger partial charge in [-0.05, 0) is 39.5 Å². The third-order valence-corrected chi connectivity index (χ3v) is 3.75. The predicted molar refractivity (Wildman–Crippen MR) is 69.6 cm³/mol. The minimum atomic E-state index is -0.424. The summed E-state index contributed by atoms with van der Waals surface area (Å²) in [6, 6.07) is 0. The summed E-state index contributed by atoms with van der Waals surface area (Å²) < 4.78 is 5.55. The highest BCUT2D eigenvalue weighted by Gasteiger charge is 2.43. The van der Waals surface area contributed by atoms with E-state index >= 15 is 0 Å². The maximum atomic E-state index is 12.3. The molecule has 1 aliphatic carbocycles. The van der Waals surface area contributed by atoms with E-state index in [-0.39, 0.29) is 5.97 Å². The first-order valence-electron chi connectivity index (χ1n) is 6.76. The summed E-state index contributed by atoms with van der Waals surface area (Å²) >= 11 is 0. The second-order valence-corrected chi connectivity index (χ2v) is 6.36. The van der Waals surface area contributed by atoms with E-state index in [1.807, 2.05) is 20.8 Å². The van der Waals surface area contributed by atoms with Crippen LogP contribution in [0.2, 0.25) is 0 Å². The zero-order chi connectivity index (χ0) is 13.1. The van der Waals surface area contributed by atoms with Gasteiger partial charge in [0.15, 0.2) is 0 Å². The van der Waals surface area contributed by atoms with Gasteiger partial charge in [0, 0.05) is 6.54 Å². The van der Waals surface area contributed by atoms with Crippen LogP contribution in [0.4, 0.5) is 0 Å². The summed E-state index contributed by atoms with van der Waals surface area (Å²) in [6.07, 6.45) is 5.23. The van der Waals surface area contributed by atoms with Crippen LogP contribution in [0.5, 0.6) is 0 Å². The molecule has 3 nitrogen and oxygen atoms in total. The van der Waals surface area contributed by atoms with Gasteiger partial charge in [-0.15, -0.1) is 0 Å². The van der Waals surface area contributed by atoms with Crippen LogP contribution in [0, 0.1) is 11.3 Å². The largest absolute Gasteiger partial charge is 0.460 e. The van der Waals surface area contributed by atoms with Crippen LogP contribution in [-0.2, 0) is 9.53 Å². The Kier molecular flexibility index (Phi) is 4.59. The fourth-order valence-electron chi connectivity index (χ4n) is 2.67. The van der Waals surface area contributed by atoms with Gasteiger partial charge in [-0.2, -0.15) is 0 Å². The monoisotopic (exact) mass is 241 g/mol. The quantitative estimate of drug-likeness (QED) is 0.773. The molecule has 2 N–H and O–H groups in total. The highest BCUT2D eigenvalue weighted by atomic mass is 16.6. The number of carbonyl (C=O) groups excluding carboxylic acids is 1. The Hall–Kier alpha value is -0.570. The maximum absolute atomic E-state index is 12.3. The number of carbonyl (C=O) groups is 1. The van der Waals surface area contributed by atoms with Crippen molar-refractivity contribution < 1.29 is 9.53 Å². The van der Waals surface area contributed by atoms with E-state index in [1.165, 1.54) is 6.42 Å². The van der Waals surface area contributed by atoms with Crippen molar-refractivity contribution in [1.29, 1.82) is 0 Å². The molecule has 0 amide bonds. The van der Waals surface area contributed by atoms with E-state index in [0.717, 1.165) is 25.7 Å². The summed E-state index contributed by atoms with van der Waals surface area (Å²) in [5.74, 6) is 0.533. The highest BCUT2D eigenvalue weighted by molar-refractivity contribution is 5.77. The topological polar surface area (TPSA) is 52.3 Å². The van der Waals surface area contributed by atoms with E-state index < -0.39 is 11.0 Å². The number of ether oxygens (including phenoxy) is 1. The summed E-state index contributed by atoms with van der Waals surface area (Å²) in [7, 11) is 0. The summed E-state index contributed by atoms with van der Waals surface area (Å²) in [4.78, 5) is 12.3. The molecule has 0 aromatic rings. The maximum Gasteiger partial charge on any atom is 0.313 e. The first-order chi connectivity index (χ1) is 7.83. The Balaban J connectivity index is 2.77. The van der Waals surface area contributed by atoms with Gasteiger partial charge in [-0.25, -0.2) is 0 Å². The standard InChI is InChI=1S/C14H27NO2/c1-5-11-7-6-8-14(9-11,10-15)12(16)17-13(2,3)4/h11H,5-10,15H2,1-4H3. The second kappa shape index (κ2) is 5.38. The van der Waals surface area contributed by atoms with E-state index in [4.69, 9.17) is 10.5 Å². The van der Waals surface area contributed by atoms with Gasteiger partial charge in [0.05, 0.1) is 5.41 Å². The van der Waals surface area contributed by atoms with Crippen LogP contribution >= 0.6 is 0 Å². The first kappa shape index (κ1) is 14.5. The predicted octanol–water partition coefficient (Wildman–Crippen LogP) is 2.87. The van der Waals surface area contributed by atoms with Crippen molar-refractivity contribution in [2.75, 3.05) is 6.54 Å². The van der Waals surface area contributed by atoms with Crippen LogP contribution in [0.25, 0.3) is 0 Å². The van der Waals surface area contributed by atoms with Gasteiger partial charge in [-0.3, -0.25) is 4.79 Å². The van der Waals surface area contributed by atoms with Crippen molar-refractivity contribution >= 4 is 5.97 Å². The highest BCUT2D eigenvalue weighted by Crippen LogP contribution is 2.41. The Bertz CT molecular complexity index is 270. The number of esters is 1. The molecule has 1 fully saturated rings. The summed E-state index contributed by atoms with van der Waals surface area (Å²) in [5.41, 5.74) is 5.03. The average Bonchev–Trinajstić information content (AvgIpc) is 2.26. The van der Waals surface area contributed by atoms with Crippen LogP contribution < -0.4 is 5.73 Å². The van der Waals surface area contributed by atoms with Crippen molar-refractivity contribution in [1.82, 2.24) is 0 Å². The summed E-state index contributed by atoms with van der Waals surface area (Å²) in [5, 5.41) is 0. The smallest absolute Gasteiger partial charge is 0.313 e. The number of hydrogen-bond acceptors (Lipinski definition) is 3. The lowest BCUT2D eigenvalue weighted by molar-refractivity contribution is -0.170. The molecule has 100 valence electrons. The van der Waals surface area contributed by atoms with Crippen molar-refractivity contribution in [3.63, 3.8) is 0 Å². The summed E-state index contributed by atoms with van der Waals surface area (Å²) in [6.45, 7) is 8.34. The van der Waals surface area contributed by atoms with Crippen LogP contribution in [-0.4, -0.2) is 18.1 Å². The molecule has 0 radical (unpaired) electrons. The first-order valence-corrected chi connectivity index (χ1v) is 6.76. The van der Waals surface area contributed by atoms with Crippen LogP contribution in [0.3, 0.4) is 0 Å². The van der Waals surface area contributed by atoms with Gasteiger partial charge >= 0.3 is 5.97 Å². The van der Waals surface area contributed by atoms with Gasteiger partial charge < -0.3 is 10.5 Å². The molecule has 0 aliphatic heterocycles. The van der Waals surface area contributed by atoms with Gasteiger partial charge in [-0.1, -0.05) is 26.2 Å². The normalized spacial score (nSPS) is 30.1. The molecule has 1 saturated carbocycles. The second-order valence-electron chi connectivity index (χ2n) is 6.36. The molecule has 0 saturated heterocycles. The number of hydrogen-bond donors (Lipinski definition) is 1. The van der Waals surface area contributed by atoms with E-state index in [0.29, 0.717) is 12.5 Å². The Morgan fingerprint density at radius 1 is 1.47 bits per heavy atom. The molecule has 0 aromatic heterocycles. The minimum Gasteiger partial charge on any atom is -0.460 e. The third kappa shape index (κ3) is 3.70. The molecule has 3 heteroatoms. The third-order valence-electron chi connectivity index (χ3n) is 3.75. The fraction of sp³-hybridized carbons (Fsp3) is 0.929. The molecule has 2 atom stereocenters. The molecular formula is C14H27NO2. The molecule has 1 aliphatic rings. The Morgan fingerprint density at radius 3 is 2.59 bits per heavy atom. The zero-order valence-electron chi connectivity index (χ0n) is 11.7. The molecule has 0 bridgehead atoms. The van der Waals surface area contributed by atoms with Crippen molar-refractivity contribution in [3.05, 3.63) is 0 Å². The van der Waals surface area contributed by atoms with E-state index in [9.17, 15) is 4.79 Å². The number of rotatable bonds is 3. The molecule has 17 heavy (non-hydrogen) atoms. The van der Waals surface area contributed by atoms with Crippen molar-refractivity contribution in [2.24, 2.45) is 17.1 Å². The molecule has 0 spiro atoms. The fourth-order valence-corrected chi connectivity index (χ4v) is 2.67. The molecular weight excluding hydrogens is 214 g/mol. The number of nitrogens with two attached hydrogens (primary N) is 1. The van der Waals surface area contributed by atoms with Crippen LogP contribution in [0.15, 0.2) is 0 Å². The molecule has 2 unspecified atom stereocenters. The molecule has 0 aromatic carbocycles. The van der Waals surface area contributed by atoms with Crippen molar-refractivity contribution in [3.8, 4) is 0 Å². The van der Waals surface area contributed by atoms with Gasteiger partial charge in [0.25, 0.3) is 0 Å². The molecule has 0 heterocycles. The van der Waals surface area contributed by atoms with E-state index in [1.54, 1.807) is 0 Å².